The number of aromatic nitrogens is 1. The van der Waals surface area contributed by atoms with Crippen molar-refractivity contribution < 1.29 is 14.3 Å². The zero-order valence-electron chi connectivity index (χ0n) is 13.1. The van der Waals surface area contributed by atoms with Crippen molar-refractivity contribution in [1.82, 2.24) is 4.57 Å². The second-order valence-corrected chi connectivity index (χ2v) is 7.18. The van der Waals surface area contributed by atoms with E-state index in [1.165, 1.54) is 11.8 Å². The summed E-state index contributed by atoms with van der Waals surface area (Å²) in [6.45, 7) is 1.90. The number of thioether (sulfide) groups is 1. The molecular formula is C18H13FN2O3S. The maximum absolute atomic E-state index is 14.6. The molecule has 7 heteroatoms. The molecule has 4 rings (SSSR count). The highest BCUT2D eigenvalue weighted by Gasteiger charge is 2.33. The Bertz CT molecular complexity index is 1110. The van der Waals surface area contributed by atoms with Gasteiger partial charge in [-0.2, -0.15) is 0 Å². The molecule has 1 aliphatic rings. The van der Waals surface area contributed by atoms with Crippen molar-refractivity contribution in [3.05, 3.63) is 58.0 Å². The number of anilines is 1. The van der Waals surface area contributed by atoms with Gasteiger partial charge >= 0.3 is 5.97 Å². The molecule has 0 bridgehead atoms. The van der Waals surface area contributed by atoms with Crippen LogP contribution in [0.2, 0.25) is 0 Å². The number of halogens is 1. The molecule has 0 saturated heterocycles. The fraction of sp³-hybridized carbons (Fsp3) is 0.111. The minimum atomic E-state index is -1.29. The van der Waals surface area contributed by atoms with Crippen molar-refractivity contribution in [1.29, 1.82) is 0 Å². The molecule has 1 unspecified atom stereocenters. The van der Waals surface area contributed by atoms with E-state index in [1.807, 2.05) is 6.92 Å². The summed E-state index contributed by atoms with van der Waals surface area (Å²) in [5.41, 5.74) is 6.80. The van der Waals surface area contributed by atoms with E-state index < -0.39 is 17.2 Å². The Kier molecular flexibility index (Phi) is 3.36. The Morgan fingerprint density at radius 2 is 1.96 bits per heavy atom. The molecule has 3 N–H and O–H groups in total. The second-order valence-electron chi connectivity index (χ2n) is 5.87. The Labute approximate surface area is 145 Å². The molecular weight excluding hydrogens is 343 g/mol. The molecule has 1 atom stereocenters. The number of carbonyl (C=O) groups is 1. The molecule has 2 heterocycles. The first kappa shape index (κ1) is 15.7. The largest absolute Gasteiger partial charge is 0.477 e. The molecule has 0 fully saturated rings. The Balaban J connectivity index is 2.07. The van der Waals surface area contributed by atoms with Crippen molar-refractivity contribution in [3.63, 3.8) is 0 Å². The maximum Gasteiger partial charge on any atom is 0.342 e. The van der Waals surface area contributed by atoms with Crippen LogP contribution in [0, 0.1) is 5.82 Å². The SMILES string of the molecule is CC1Sc2c(C(=O)O)c(=O)c3cc(F)c(-c4ccc(N)cc4)cc3n21. The van der Waals surface area contributed by atoms with Gasteiger partial charge in [-0.3, -0.25) is 4.79 Å². The van der Waals surface area contributed by atoms with Crippen LogP contribution in [0.3, 0.4) is 0 Å². The zero-order valence-corrected chi connectivity index (χ0v) is 13.9. The predicted octanol–water partition coefficient (Wildman–Crippen LogP) is 3.71. The minimum absolute atomic E-state index is 0.0269. The molecule has 25 heavy (non-hydrogen) atoms. The van der Waals surface area contributed by atoms with Crippen molar-refractivity contribution >= 4 is 34.3 Å². The average Bonchev–Trinajstić information content (AvgIpc) is 2.55. The summed E-state index contributed by atoms with van der Waals surface area (Å²) in [5, 5.41) is 9.80. The lowest BCUT2D eigenvalue weighted by molar-refractivity contribution is 0.0689. The summed E-state index contributed by atoms with van der Waals surface area (Å²) in [6, 6.07) is 9.49. The van der Waals surface area contributed by atoms with Gasteiger partial charge in [0.1, 0.15) is 11.4 Å². The lowest BCUT2D eigenvalue weighted by Crippen LogP contribution is -2.28. The van der Waals surface area contributed by atoms with Crippen molar-refractivity contribution in [2.24, 2.45) is 0 Å². The average molecular weight is 356 g/mol. The van der Waals surface area contributed by atoms with E-state index in [0.29, 0.717) is 27.4 Å². The van der Waals surface area contributed by atoms with Crippen molar-refractivity contribution in [2.75, 3.05) is 5.73 Å². The summed E-state index contributed by atoms with van der Waals surface area (Å²) >= 11 is 1.32. The van der Waals surface area contributed by atoms with Gasteiger partial charge in [-0.1, -0.05) is 23.9 Å². The molecule has 126 valence electrons. The third-order valence-electron chi connectivity index (χ3n) is 4.33. The number of hydrogen-bond acceptors (Lipinski definition) is 4. The Morgan fingerprint density at radius 1 is 1.28 bits per heavy atom. The summed E-state index contributed by atoms with van der Waals surface area (Å²) in [5.74, 6) is -1.87. The topological polar surface area (TPSA) is 85.3 Å². The Hall–Kier alpha value is -2.80. The van der Waals surface area contributed by atoms with Gasteiger partial charge in [-0.05, 0) is 36.8 Å². The first-order valence-electron chi connectivity index (χ1n) is 7.56. The molecule has 0 spiro atoms. The van der Waals surface area contributed by atoms with Crippen LogP contribution in [0.1, 0.15) is 22.7 Å². The number of hydrogen-bond donors (Lipinski definition) is 2. The smallest absolute Gasteiger partial charge is 0.342 e. The van der Waals surface area contributed by atoms with E-state index in [0.717, 1.165) is 6.07 Å². The van der Waals surface area contributed by atoms with E-state index in [4.69, 9.17) is 5.73 Å². The molecule has 0 amide bonds. The number of carboxylic acids is 1. The third-order valence-corrected chi connectivity index (χ3v) is 5.51. The lowest BCUT2D eigenvalue weighted by atomic mass is 10.0. The molecule has 2 aromatic carbocycles. The number of nitrogens with two attached hydrogens (primary N) is 1. The van der Waals surface area contributed by atoms with E-state index in [1.54, 1.807) is 34.9 Å². The van der Waals surface area contributed by atoms with Crippen LogP contribution in [0.4, 0.5) is 10.1 Å². The first-order valence-corrected chi connectivity index (χ1v) is 8.44. The highest BCUT2D eigenvalue weighted by molar-refractivity contribution is 8.00. The van der Waals surface area contributed by atoms with Gasteiger partial charge in [-0.15, -0.1) is 0 Å². The van der Waals surface area contributed by atoms with E-state index in [9.17, 15) is 19.1 Å². The van der Waals surface area contributed by atoms with Gasteiger partial charge in [0.25, 0.3) is 0 Å². The fourth-order valence-corrected chi connectivity index (χ4v) is 4.27. The summed E-state index contributed by atoms with van der Waals surface area (Å²) in [6.07, 6.45) is 0. The monoisotopic (exact) mass is 356 g/mol. The standard InChI is InChI=1S/C18H13FN2O3S/c1-8-21-14-7-11(9-2-4-10(20)5-3-9)13(19)6-12(14)16(22)15(18(23)24)17(21)25-8/h2-8H,20H2,1H3,(H,23,24). The van der Waals surface area contributed by atoms with E-state index >= 15 is 0 Å². The van der Waals surface area contributed by atoms with Crippen LogP contribution in [0.5, 0.6) is 0 Å². The van der Waals surface area contributed by atoms with Gasteiger partial charge in [0.05, 0.1) is 15.9 Å². The fourth-order valence-electron chi connectivity index (χ4n) is 3.12. The van der Waals surface area contributed by atoms with Gasteiger partial charge in [0, 0.05) is 16.6 Å². The summed E-state index contributed by atoms with van der Waals surface area (Å²) < 4.78 is 16.4. The van der Waals surface area contributed by atoms with Crippen LogP contribution in [-0.4, -0.2) is 15.6 Å². The van der Waals surface area contributed by atoms with Crippen molar-refractivity contribution in [2.45, 2.75) is 17.3 Å². The highest BCUT2D eigenvalue weighted by Crippen LogP contribution is 2.46. The first-order chi connectivity index (χ1) is 11.9. The van der Waals surface area contributed by atoms with E-state index in [2.05, 4.69) is 0 Å². The van der Waals surface area contributed by atoms with Gasteiger partial charge in [-0.25, -0.2) is 9.18 Å². The molecule has 0 saturated carbocycles. The number of fused-ring (bicyclic) bond motifs is 3. The molecule has 0 radical (unpaired) electrons. The van der Waals surface area contributed by atoms with Crippen LogP contribution >= 0.6 is 11.8 Å². The highest BCUT2D eigenvalue weighted by atomic mass is 32.2. The number of carboxylic acid groups (broad SMARTS) is 1. The molecule has 5 nitrogen and oxygen atoms in total. The summed E-state index contributed by atoms with van der Waals surface area (Å²) in [4.78, 5) is 24.0. The molecule has 0 aliphatic carbocycles. The van der Waals surface area contributed by atoms with Gasteiger partial charge < -0.3 is 15.4 Å². The third kappa shape index (κ3) is 2.23. The summed E-state index contributed by atoms with van der Waals surface area (Å²) in [7, 11) is 0. The van der Waals surface area contributed by atoms with E-state index in [-0.39, 0.29) is 16.3 Å². The number of nitrogens with zero attached hydrogens (tertiary/aromatic N) is 1. The molecule has 1 aromatic heterocycles. The quantitative estimate of drug-likeness (QED) is 0.684. The van der Waals surface area contributed by atoms with Gasteiger partial charge in [0.15, 0.2) is 0 Å². The lowest BCUT2D eigenvalue weighted by Gasteiger charge is -2.32. The van der Waals surface area contributed by atoms with Gasteiger partial charge in [0.2, 0.25) is 5.43 Å². The van der Waals surface area contributed by atoms with Crippen LogP contribution < -0.4 is 11.2 Å². The number of nitrogen functional groups attached to an aromatic ring is 1. The minimum Gasteiger partial charge on any atom is -0.477 e. The zero-order chi connectivity index (χ0) is 17.9. The Morgan fingerprint density at radius 3 is 2.56 bits per heavy atom. The number of benzene rings is 2. The van der Waals surface area contributed by atoms with Crippen LogP contribution in [0.25, 0.3) is 22.0 Å². The molecule has 1 aliphatic heterocycles. The molecule has 3 aromatic rings. The van der Waals surface area contributed by atoms with Crippen molar-refractivity contribution in [3.8, 4) is 11.1 Å². The predicted molar refractivity (Wildman–Crippen MR) is 95.5 cm³/mol. The van der Waals surface area contributed by atoms with Crippen LogP contribution in [0.15, 0.2) is 46.2 Å². The number of rotatable bonds is 2. The normalized spacial score (nSPS) is 15.7. The second kappa shape index (κ2) is 5.35. The number of aromatic carboxylic acids is 1. The maximum atomic E-state index is 14.6. The number of pyridine rings is 1. The van der Waals surface area contributed by atoms with Crippen LogP contribution in [-0.2, 0) is 0 Å².